The molecule has 0 aliphatic carbocycles. The van der Waals surface area contributed by atoms with Crippen molar-refractivity contribution in [3.63, 3.8) is 0 Å². The Morgan fingerprint density at radius 1 is 0.229 bits per heavy atom. The fraction of sp³-hybridized carbons (Fsp3) is 0.0690. The molecule has 0 spiro atoms. The van der Waals surface area contributed by atoms with Crippen molar-refractivity contribution >= 4 is 105 Å². The quantitative estimate of drug-likeness (QED) is 0.0811. The third kappa shape index (κ3) is 12.1. The van der Waals surface area contributed by atoms with Crippen LogP contribution in [-0.2, 0) is 0 Å². The minimum atomic E-state index is -0.548. The number of aryl methyl sites for hydroxylation is 3. The number of anilines is 3. The molecule has 11 aromatic rings. The second-order valence-corrected chi connectivity index (χ2v) is 26.6. The van der Waals surface area contributed by atoms with Crippen LogP contribution in [0, 0.1) is 20.8 Å². The zero-order chi connectivity index (χ0) is 76.9. The Labute approximate surface area is 620 Å². The van der Waals surface area contributed by atoms with E-state index in [2.05, 4.69) is 0 Å². The first-order chi connectivity index (χ1) is 52.2. The molecule has 6 aliphatic rings. The van der Waals surface area contributed by atoms with Crippen molar-refractivity contribution in [3.05, 3.63) is 347 Å². The molecule has 0 N–H and O–H groups in total. The summed E-state index contributed by atoms with van der Waals surface area (Å²) in [6.07, 6.45) is 0. The van der Waals surface area contributed by atoms with Gasteiger partial charge in [-0.3, -0.25) is 86.6 Å². The predicted molar refractivity (Wildman–Crippen MR) is 397 cm³/mol. The Morgan fingerprint density at radius 3 is 0.780 bits per heavy atom. The van der Waals surface area contributed by atoms with Crippen molar-refractivity contribution in [1.82, 2.24) is 14.7 Å². The second kappa shape index (κ2) is 27.0. The smallest absolute Gasteiger partial charge is 0.266 e. The van der Waals surface area contributed by atoms with Gasteiger partial charge in [-0.15, -0.1) is 0 Å². The number of ketones is 3. The Bertz CT molecular complexity index is 6020. The molecular weight excluding hydrogens is 1380 g/mol. The summed E-state index contributed by atoms with van der Waals surface area (Å²) in [5.41, 5.74) is 9.88. The Hall–Kier alpha value is -14.9. The summed E-state index contributed by atoms with van der Waals surface area (Å²) < 4.78 is 5.83. The van der Waals surface area contributed by atoms with Gasteiger partial charge in [0.25, 0.3) is 70.9 Å². The van der Waals surface area contributed by atoms with Crippen LogP contribution in [0.25, 0.3) is 11.1 Å². The highest BCUT2D eigenvalue weighted by molar-refractivity contribution is 6.37. The van der Waals surface area contributed by atoms with Crippen LogP contribution in [-0.4, -0.2) is 124 Å². The SMILES string of the molecule is Cc1ccc(-c2ccc(N3C(=O)c4ccc(C(=O)c5ccc6c(c5)C(=O)N(C)C6=O)cc4C3=O)cc2)cc1.Cc1ccc(Oc2ccc(N3C(=O)c4ccc(C(=O)c5ccc6c(c5)C(=O)N(C)C6=O)cc4C3=O)cc2)cc1.Cc1cccc(N2C(=O)c3ccc(C(=O)c4ccc5c(c4)C(=O)N(C)C5=O)cc3C2=O)c1. The minimum Gasteiger partial charge on any atom is -0.457 e. The Kier molecular flexibility index (Phi) is 17.3. The second-order valence-electron chi connectivity index (χ2n) is 26.6. The largest absolute Gasteiger partial charge is 0.457 e. The van der Waals surface area contributed by atoms with E-state index in [0.717, 1.165) is 57.2 Å². The number of imide groups is 6. The van der Waals surface area contributed by atoms with Crippen molar-refractivity contribution in [2.75, 3.05) is 35.8 Å². The third-order valence-corrected chi connectivity index (χ3v) is 19.6. The number of carbonyl (C=O) groups excluding carboxylic acids is 15. The van der Waals surface area contributed by atoms with E-state index in [9.17, 15) is 71.9 Å². The fourth-order valence-electron chi connectivity index (χ4n) is 13.6. The first-order valence-electron chi connectivity index (χ1n) is 34.0. The first-order valence-corrected chi connectivity index (χ1v) is 34.0. The summed E-state index contributed by atoms with van der Waals surface area (Å²) in [6.45, 7) is 5.86. The molecule has 0 radical (unpaired) electrons. The van der Waals surface area contributed by atoms with Gasteiger partial charge in [-0.05, 0) is 171 Å². The number of fused-ring (bicyclic) bond motifs is 6. The minimum absolute atomic E-state index is 0.109. The lowest BCUT2D eigenvalue weighted by Crippen LogP contribution is -2.29. The molecule has 17 rings (SSSR count). The summed E-state index contributed by atoms with van der Waals surface area (Å²) in [5.74, 6) is -5.71. The van der Waals surface area contributed by atoms with Crippen molar-refractivity contribution in [1.29, 1.82) is 0 Å². The molecule has 22 nitrogen and oxygen atoms in total. The zero-order valence-electron chi connectivity index (χ0n) is 58.7. The number of benzene rings is 11. The van der Waals surface area contributed by atoms with Crippen molar-refractivity contribution < 1.29 is 76.7 Å². The van der Waals surface area contributed by atoms with Gasteiger partial charge in [0.2, 0.25) is 0 Å². The van der Waals surface area contributed by atoms with E-state index in [0.29, 0.717) is 28.6 Å². The van der Waals surface area contributed by atoms with Crippen LogP contribution in [0.4, 0.5) is 17.1 Å². The van der Waals surface area contributed by atoms with Gasteiger partial charge in [-0.1, -0.05) is 108 Å². The molecule has 0 aromatic heterocycles. The summed E-state index contributed by atoms with van der Waals surface area (Å²) >= 11 is 0. The molecule has 530 valence electrons. The Morgan fingerprint density at radius 2 is 0.468 bits per heavy atom. The van der Waals surface area contributed by atoms with Gasteiger partial charge in [0.1, 0.15) is 11.5 Å². The number of ether oxygens (including phenoxy) is 1. The van der Waals surface area contributed by atoms with Crippen LogP contribution in [0.2, 0.25) is 0 Å². The monoisotopic (exact) mass is 1440 g/mol. The van der Waals surface area contributed by atoms with Crippen LogP contribution in [0.15, 0.2) is 231 Å². The summed E-state index contributed by atoms with van der Waals surface area (Å²) in [6, 6.07) is 62.4. The average molecular weight is 1440 g/mol. The molecule has 0 saturated heterocycles. The number of hydrogen-bond donors (Lipinski definition) is 0. The number of amides is 12. The van der Waals surface area contributed by atoms with Crippen LogP contribution < -0.4 is 19.4 Å². The van der Waals surface area contributed by atoms with Gasteiger partial charge >= 0.3 is 0 Å². The molecule has 6 heterocycles. The van der Waals surface area contributed by atoms with E-state index < -0.39 is 88.2 Å². The fourth-order valence-corrected chi connectivity index (χ4v) is 13.6. The van der Waals surface area contributed by atoms with Crippen LogP contribution in [0.1, 0.15) is 189 Å². The maximum Gasteiger partial charge on any atom is 0.266 e. The standard InChI is InChI=1S/C31H20N2O6.C31H20N2O5.C25H16N2O5/c1-17-3-9-21(10-4-17)39-22-11-7-20(8-12-22)33-30(37)24-14-6-19(16-26(24)31(33)38)27(34)18-5-13-23-25(15-18)29(36)32(2)28(23)35;1-17-3-5-18(6-4-17)19-7-11-22(12-8-19)33-30(37)24-14-10-21(16-26(24)31(33)38)27(34)20-9-13-23-25(15-20)29(36)32(2)28(23)35;1-13-4-3-5-16(10-13)27-24(31)18-9-7-15(12-20(18)25(27)32)21(28)14-6-8-17-19(11-14)23(30)26(2)22(17)29/h3-16H,1-2H3;3-16H,1-2H3;3-12H,1-2H3. The van der Waals surface area contributed by atoms with Crippen molar-refractivity contribution in [2.24, 2.45) is 0 Å². The number of rotatable bonds is 12. The lowest BCUT2D eigenvalue weighted by Gasteiger charge is -2.14. The van der Waals surface area contributed by atoms with Crippen LogP contribution in [0.5, 0.6) is 11.5 Å². The maximum absolute atomic E-state index is 13.3. The number of carbonyl (C=O) groups is 15. The molecule has 6 aliphatic heterocycles. The summed E-state index contributed by atoms with van der Waals surface area (Å²) in [4.78, 5) is 198. The van der Waals surface area contributed by atoms with Crippen molar-refractivity contribution in [2.45, 2.75) is 20.8 Å². The van der Waals surface area contributed by atoms with Gasteiger partial charge in [-0.25, -0.2) is 14.7 Å². The third-order valence-electron chi connectivity index (χ3n) is 19.6. The van der Waals surface area contributed by atoms with E-state index in [1.165, 1.54) is 130 Å². The molecule has 0 fully saturated rings. The summed E-state index contributed by atoms with van der Waals surface area (Å²) in [5, 5.41) is 0. The van der Waals surface area contributed by atoms with E-state index in [1.807, 2.05) is 87.5 Å². The van der Waals surface area contributed by atoms with E-state index in [4.69, 9.17) is 4.74 Å². The Balaban J connectivity index is 0.000000131. The molecular formula is C87H56N6O16. The molecule has 0 atom stereocenters. The average Bonchev–Trinajstić information content (AvgIpc) is 1.62. The summed E-state index contributed by atoms with van der Waals surface area (Å²) in [7, 11) is 4.15. The van der Waals surface area contributed by atoms with E-state index in [-0.39, 0.29) is 100 Å². The van der Waals surface area contributed by atoms with Gasteiger partial charge < -0.3 is 4.74 Å². The molecule has 22 heteroatoms. The molecule has 12 amide bonds. The van der Waals surface area contributed by atoms with Gasteiger partial charge in [0, 0.05) is 54.5 Å². The highest BCUT2D eigenvalue weighted by Gasteiger charge is 2.42. The highest BCUT2D eigenvalue weighted by atomic mass is 16.5. The van der Waals surface area contributed by atoms with Crippen LogP contribution in [0.3, 0.4) is 0 Å². The van der Waals surface area contributed by atoms with Gasteiger partial charge in [0.15, 0.2) is 17.3 Å². The topological polar surface area (TPSA) is 285 Å². The zero-order valence-corrected chi connectivity index (χ0v) is 58.7. The first kappa shape index (κ1) is 69.8. The predicted octanol–water partition coefficient (Wildman–Crippen LogP) is 13.2. The highest BCUT2D eigenvalue weighted by Crippen LogP contribution is 2.37. The van der Waals surface area contributed by atoms with Crippen LogP contribution >= 0.6 is 0 Å². The van der Waals surface area contributed by atoms with Gasteiger partial charge in [0.05, 0.1) is 83.8 Å². The number of hydrogen-bond acceptors (Lipinski definition) is 16. The molecule has 11 aromatic carbocycles. The molecule has 0 saturated carbocycles. The maximum atomic E-state index is 13.3. The lowest BCUT2D eigenvalue weighted by molar-refractivity contribution is 0.0677. The van der Waals surface area contributed by atoms with E-state index in [1.54, 1.807) is 54.6 Å². The van der Waals surface area contributed by atoms with Gasteiger partial charge in [-0.2, -0.15) is 0 Å². The molecule has 0 bridgehead atoms. The normalized spacial score (nSPS) is 14.4. The van der Waals surface area contributed by atoms with E-state index >= 15 is 0 Å². The molecule has 0 unspecified atom stereocenters. The van der Waals surface area contributed by atoms with Crippen molar-refractivity contribution in [3.8, 4) is 22.6 Å². The number of nitrogens with zero attached hydrogens (tertiary/aromatic N) is 6. The molecule has 109 heavy (non-hydrogen) atoms. The lowest BCUT2D eigenvalue weighted by atomic mass is 9.96.